The minimum atomic E-state index is 0.163. The van der Waals surface area contributed by atoms with Crippen LogP contribution in [0.2, 0.25) is 0 Å². The molecule has 2 aliphatic rings. The standard InChI is InChI=1S/C28H30N6O3/c1-16-9-26(36-2)30-12-22(16)18-10-25-27(32-19-7-8-37-15-19)23(13-31-34(25)14-18)28(29)33-24-6-5-20(35)11-21(24)17-3-4-17/h5-6,9-14,17,19,32,35H,3-4,7-8,15H2,1-2H3,(H2,29,33)/t19-/m0/s1. The largest absolute Gasteiger partial charge is 0.508 e. The minimum Gasteiger partial charge on any atom is -0.508 e. The molecule has 0 amide bonds. The second kappa shape index (κ2) is 9.40. The van der Waals surface area contributed by atoms with Crippen molar-refractivity contribution in [2.24, 2.45) is 10.7 Å². The smallest absolute Gasteiger partial charge is 0.213 e. The number of nitrogens with two attached hydrogens (primary N) is 1. The van der Waals surface area contributed by atoms with E-state index in [1.54, 1.807) is 25.4 Å². The summed E-state index contributed by atoms with van der Waals surface area (Å²) in [5.41, 5.74) is 14.0. The predicted molar refractivity (Wildman–Crippen MR) is 143 cm³/mol. The SMILES string of the molecule is COc1cc(C)c(-c2cc3c(N[C@H]4CCOC4)c(C(N)=Nc4ccc(O)cc4C4CC4)cnn3c2)cn1. The number of pyridine rings is 1. The molecule has 9 heteroatoms. The first kappa shape index (κ1) is 23.3. The molecule has 1 aliphatic heterocycles. The van der Waals surface area contributed by atoms with E-state index in [9.17, 15) is 5.11 Å². The first-order chi connectivity index (χ1) is 18.0. The van der Waals surface area contributed by atoms with Crippen LogP contribution in [0.3, 0.4) is 0 Å². The molecule has 1 aliphatic carbocycles. The number of hydrogen-bond donors (Lipinski definition) is 3. The normalized spacial score (nSPS) is 17.9. The van der Waals surface area contributed by atoms with Gasteiger partial charge in [-0.25, -0.2) is 14.5 Å². The van der Waals surface area contributed by atoms with Gasteiger partial charge < -0.3 is 25.6 Å². The van der Waals surface area contributed by atoms with Crippen LogP contribution in [0.4, 0.5) is 11.4 Å². The molecule has 6 rings (SSSR count). The van der Waals surface area contributed by atoms with Crippen molar-refractivity contribution in [1.82, 2.24) is 14.6 Å². The number of nitrogens with one attached hydrogen (secondary N) is 1. The summed E-state index contributed by atoms with van der Waals surface area (Å²) in [6, 6.07) is 9.45. The molecule has 37 heavy (non-hydrogen) atoms. The van der Waals surface area contributed by atoms with Gasteiger partial charge in [0.15, 0.2) is 0 Å². The van der Waals surface area contributed by atoms with E-state index in [1.165, 1.54) is 0 Å². The molecule has 2 fully saturated rings. The number of anilines is 1. The number of amidine groups is 1. The average molecular weight is 499 g/mol. The summed E-state index contributed by atoms with van der Waals surface area (Å²) in [5, 5.41) is 18.3. The fraction of sp³-hybridized carbons (Fsp3) is 0.321. The third-order valence-electron chi connectivity index (χ3n) is 7.07. The minimum absolute atomic E-state index is 0.163. The fourth-order valence-electron chi connectivity index (χ4n) is 4.90. The topological polar surface area (TPSA) is 119 Å². The molecular weight excluding hydrogens is 468 g/mol. The Morgan fingerprint density at radius 3 is 2.81 bits per heavy atom. The molecule has 0 spiro atoms. The van der Waals surface area contributed by atoms with Gasteiger partial charge in [0.2, 0.25) is 5.88 Å². The van der Waals surface area contributed by atoms with Gasteiger partial charge in [0.25, 0.3) is 0 Å². The highest BCUT2D eigenvalue weighted by Gasteiger charge is 2.27. The predicted octanol–water partition coefficient (Wildman–Crippen LogP) is 4.53. The Hall–Kier alpha value is -4.11. The van der Waals surface area contributed by atoms with Crippen molar-refractivity contribution in [3.05, 3.63) is 65.6 Å². The zero-order valence-electron chi connectivity index (χ0n) is 20.9. The fourth-order valence-corrected chi connectivity index (χ4v) is 4.90. The number of benzene rings is 1. The summed E-state index contributed by atoms with van der Waals surface area (Å²) < 4.78 is 12.7. The lowest BCUT2D eigenvalue weighted by molar-refractivity contribution is 0.195. The second-order valence-corrected chi connectivity index (χ2v) is 9.75. The van der Waals surface area contributed by atoms with Gasteiger partial charge in [-0.15, -0.1) is 0 Å². The molecule has 3 aromatic heterocycles. The number of aryl methyl sites for hydroxylation is 1. The van der Waals surface area contributed by atoms with Gasteiger partial charge in [-0.05, 0) is 67.5 Å². The van der Waals surface area contributed by atoms with Crippen LogP contribution in [0.5, 0.6) is 11.6 Å². The number of nitrogens with zero attached hydrogens (tertiary/aromatic N) is 4. The highest BCUT2D eigenvalue weighted by Crippen LogP contribution is 2.45. The van der Waals surface area contributed by atoms with E-state index in [-0.39, 0.29) is 11.8 Å². The number of methoxy groups -OCH3 is 1. The van der Waals surface area contributed by atoms with E-state index in [0.29, 0.717) is 24.2 Å². The van der Waals surface area contributed by atoms with Crippen molar-refractivity contribution in [3.8, 4) is 22.8 Å². The van der Waals surface area contributed by atoms with Gasteiger partial charge in [-0.3, -0.25) is 0 Å². The molecule has 0 unspecified atom stereocenters. The molecule has 0 bridgehead atoms. The molecule has 1 saturated carbocycles. The van der Waals surface area contributed by atoms with Crippen molar-refractivity contribution in [3.63, 3.8) is 0 Å². The molecule has 0 radical (unpaired) electrons. The van der Waals surface area contributed by atoms with Crippen molar-refractivity contribution >= 4 is 22.7 Å². The number of ether oxygens (including phenoxy) is 2. The van der Waals surface area contributed by atoms with Crippen LogP contribution in [-0.4, -0.2) is 51.9 Å². The van der Waals surface area contributed by atoms with Gasteiger partial charge in [-0.1, -0.05) is 0 Å². The average Bonchev–Trinajstić information content (AvgIpc) is 3.43. The zero-order valence-corrected chi connectivity index (χ0v) is 20.9. The van der Waals surface area contributed by atoms with Crippen LogP contribution in [0.15, 0.2) is 53.9 Å². The maximum atomic E-state index is 10.0. The summed E-state index contributed by atoms with van der Waals surface area (Å²) >= 11 is 0. The van der Waals surface area contributed by atoms with E-state index >= 15 is 0 Å². The van der Waals surface area contributed by atoms with Crippen LogP contribution in [0.25, 0.3) is 16.6 Å². The number of aliphatic imine (C=N–C) groups is 1. The van der Waals surface area contributed by atoms with Crippen LogP contribution >= 0.6 is 0 Å². The Morgan fingerprint density at radius 1 is 1.22 bits per heavy atom. The van der Waals surface area contributed by atoms with Crippen LogP contribution < -0.4 is 15.8 Å². The number of phenols is 1. The van der Waals surface area contributed by atoms with Gasteiger partial charge >= 0.3 is 0 Å². The highest BCUT2D eigenvalue weighted by atomic mass is 16.5. The maximum absolute atomic E-state index is 10.0. The third-order valence-corrected chi connectivity index (χ3v) is 7.07. The first-order valence-corrected chi connectivity index (χ1v) is 12.5. The van der Waals surface area contributed by atoms with Gasteiger partial charge in [0.05, 0.1) is 48.4 Å². The quantitative estimate of drug-likeness (QED) is 0.253. The summed E-state index contributed by atoms with van der Waals surface area (Å²) in [6.07, 6.45) is 8.67. The van der Waals surface area contributed by atoms with Gasteiger partial charge in [0.1, 0.15) is 11.6 Å². The highest BCUT2D eigenvalue weighted by molar-refractivity contribution is 6.06. The van der Waals surface area contributed by atoms with E-state index in [1.807, 2.05) is 36.0 Å². The molecule has 190 valence electrons. The monoisotopic (exact) mass is 498 g/mol. The number of hydrogen-bond acceptors (Lipinski definition) is 7. The lowest BCUT2D eigenvalue weighted by Gasteiger charge is -2.17. The van der Waals surface area contributed by atoms with E-state index < -0.39 is 0 Å². The second-order valence-electron chi connectivity index (χ2n) is 9.75. The van der Waals surface area contributed by atoms with E-state index in [4.69, 9.17) is 20.2 Å². The Kier molecular flexibility index (Phi) is 5.92. The molecule has 4 heterocycles. The summed E-state index contributed by atoms with van der Waals surface area (Å²) in [7, 11) is 1.61. The van der Waals surface area contributed by atoms with Crippen LogP contribution in [0.1, 0.15) is 41.9 Å². The van der Waals surface area contributed by atoms with Crippen LogP contribution in [0, 0.1) is 6.92 Å². The van der Waals surface area contributed by atoms with Crippen molar-refractivity contribution in [2.75, 3.05) is 25.6 Å². The van der Waals surface area contributed by atoms with E-state index in [0.717, 1.165) is 70.6 Å². The Labute approximate surface area is 215 Å². The number of aromatic hydroxyl groups is 1. The number of aromatic nitrogens is 3. The lowest BCUT2D eigenvalue weighted by Crippen LogP contribution is -2.24. The van der Waals surface area contributed by atoms with Gasteiger partial charge in [-0.2, -0.15) is 5.10 Å². The van der Waals surface area contributed by atoms with Crippen molar-refractivity contribution < 1.29 is 14.6 Å². The Bertz CT molecular complexity index is 1500. The molecule has 9 nitrogen and oxygen atoms in total. The van der Waals surface area contributed by atoms with Crippen molar-refractivity contribution in [2.45, 2.75) is 38.1 Å². The molecule has 4 aromatic rings. The summed E-state index contributed by atoms with van der Waals surface area (Å²) in [4.78, 5) is 9.21. The number of phenolic OH excluding ortho intramolecular Hbond substituents is 1. The summed E-state index contributed by atoms with van der Waals surface area (Å²) in [6.45, 7) is 3.39. The van der Waals surface area contributed by atoms with E-state index in [2.05, 4.69) is 21.5 Å². The number of rotatable bonds is 7. The summed E-state index contributed by atoms with van der Waals surface area (Å²) in [5.74, 6) is 1.61. The Balaban J connectivity index is 1.46. The lowest BCUT2D eigenvalue weighted by atomic mass is 10.1. The van der Waals surface area contributed by atoms with Crippen molar-refractivity contribution in [1.29, 1.82) is 0 Å². The molecule has 1 aromatic carbocycles. The zero-order chi connectivity index (χ0) is 25.5. The molecule has 1 atom stereocenters. The maximum Gasteiger partial charge on any atom is 0.213 e. The van der Waals surface area contributed by atoms with Crippen LogP contribution in [-0.2, 0) is 4.74 Å². The van der Waals surface area contributed by atoms with Gasteiger partial charge in [0, 0.05) is 36.2 Å². The number of fused-ring (bicyclic) bond motifs is 1. The molecule has 1 saturated heterocycles. The molecular formula is C28H30N6O3. The molecule has 4 N–H and O–H groups in total. The first-order valence-electron chi connectivity index (χ1n) is 12.5. The Morgan fingerprint density at radius 2 is 2.08 bits per heavy atom. The third kappa shape index (κ3) is 4.58.